The van der Waals surface area contributed by atoms with Crippen molar-refractivity contribution >= 4 is 11.8 Å². The lowest BCUT2D eigenvalue weighted by Gasteiger charge is -2.07. The van der Waals surface area contributed by atoms with Gasteiger partial charge in [-0.05, 0) is 13.5 Å². The number of benzene rings is 1. The van der Waals surface area contributed by atoms with Gasteiger partial charge in [0.2, 0.25) is 0 Å². The molecule has 0 saturated heterocycles. The smallest absolute Gasteiger partial charge is 0.372 e. The molecule has 0 atom stereocenters. The van der Waals surface area contributed by atoms with Crippen molar-refractivity contribution in [1.82, 2.24) is 0 Å². The first kappa shape index (κ1) is 14.0. The van der Waals surface area contributed by atoms with Crippen LogP contribution in [0.4, 0.5) is 0 Å². The van der Waals surface area contributed by atoms with Gasteiger partial charge in [0.05, 0.1) is 13.2 Å². The quantitative estimate of drug-likeness (QED) is 0.322. The molecule has 0 aliphatic carbocycles. The number of ketones is 1. The molecule has 4 nitrogen and oxygen atoms in total. The van der Waals surface area contributed by atoms with Crippen LogP contribution in [0.15, 0.2) is 42.7 Å². The van der Waals surface area contributed by atoms with Gasteiger partial charge < -0.3 is 9.47 Å². The fourth-order valence-electron chi connectivity index (χ4n) is 1.31. The van der Waals surface area contributed by atoms with Gasteiger partial charge in [-0.25, -0.2) is 4.79 Å². The van der Waals surface area contributed by atoms with E-state index in [2.05, 4.69) is 6.58 Å². The molecule has 1 aromatic carbocycles. The molecule has 0 aliphatic rings. The number of esters is 1. The van der Waals surface area contributed by atoms with Crippen LogP contribution in [0.3, 0.4) is 0 Å². The van der Waals surface area contributed by atoms with Gasteiger partial charge in [-0.1, -0.05) is 30.3 Å². The molecule has 1 rings (SSSR count). The van der Waals surface area contributed by atoms with E-state index in [4.69, 9.17) is 9.47 Å². The van der Waals surface area contributed by atoms with E-state index < -0.39 is 5.97 Å². The molecule has 0 unspecified atom stereocenters. The van der Waals surface area contributed by atoms with Crippen LogP contribution < -0.4 is 0 Å². The fourth-order valence-corrected chi connectivity index (χ4v) is 1.31. The third kappa shape index (κ3) is 4.41. The molecule has 0 heterocycles. The van der Waals surface area contributed by atoms with Crippen LogP contribution >= 0.6 is 0 Å². The predicted molar refractivity (Wildman–Crippen MR) is 67.1 cm³/mol. The summed E-state index contributed by atoms with van der Waals surface area (Å²) < 4.78 is 9.76. The van der Waals surface area contributed by atoms with Crippen LogP contribution in [0.5, 0.6) is 0 Å². The summed E-state index contributed by atoms with van der Waals surface area (Å²) in [5, 5.41) is 0. The van der Waals surface area contributed by atoms with Gasteiger partial charge in [0.1, 0.15) is 0 Å². The Hall–Kier alpha value is -2.10. The summed E-state index contributed by atoms with van der Waals surface area (Å²) in [6.45, 7) is 5.52. The number of ether oxygens (including phenoxy) is 2. The van der Waals surface area contributed by atoms with E-state index in [1.807, 2.05) is 6.07 Å². The van der Waals surface area contributed by atoms with Gasteiger partial charge >= 0.3 is 5.97 Å². The Bertz CT molecular complexity index is 423. The fraction of sp³-hybridized carbons (Fsp3) is 0.286. The minimum Gasteiger partial charge on any atom is -0.486 e. The third-order valence-corrected chi connectivity index (χ3v) is 2.20. The number of carbonyl (C=O) groups excluding carboxylic acids is 2. The Labute approximate surface area is 106 Å². The van der Waals surface area contributed by atoms with Crippen molar-refractivity contribution in [2.24, 2.45) is 0 Å². The Morgan fingerprint density at radius 3 is 2.44 bits per heavy atom. The summed E-state index contributed by atoms with van der Waals surface area (Å²) in [5.41, 5.74) is 0.628. The highest BCUT2D eigenvalue weighted by molar-refractivity contribution is 5.96. The van der Waals surface area contributed by atoms with Gasteiger partial charge in [-0.3, -0.25) is 4.79 Å². The molecule has 0 saturated carbocycles. The first-order valence-electron chi connectivity index (χ1n) is 5.72. The Balaban J connectivity index is 2.32. The van der Waals surface area contributed by atoms with Crippen molar-refractivity contribution in [2.75, 3.05) is 13.2 Å². The average Bonchev–Trinajstić information content (AvgIpc) is 2.39. The minimum absolute atomic E-state index is 0.0349. The normalized spacial score (nSPS) is 9.61. The van der Waals surface area contributed by atoms with E-state index in [0.29, 0.717) is 5.56 Å². The van der Waals surface area contributed by atoms with Crippen molar-refractivity contribution in [2.45, 2.75) is 13.3 Å². The molecule has 1 aromatic rings. The lowest BCUT2D eigenvalue weighted by atomic mass is 10.1. The first-order chi connectivity index (χ1) is 8.65. The maximum absolute atomic E-state index is 11.7. The summed E-state index contributed by atoms with van der Waals surface area (Å²) >= 11 is 0. The second kappa shape index (κ2) is 7.27. The van der Waals surface area contributed by atoms with E-state index >= 15 is 0 Å². The maximum Gasteiger partial charge on any atom is 0.372 e. The van der Waals surface area contributed by atoms with Crippen molar-refractivity contribution in [3.63, 3.8) is 0 Å². The largest absolute Gasteiger partial charge is 0.486 e. The molecule has 18 heavy (non-hydrogen) atoms. The molecule has 96 valence electrons. The Kier molecular flexibility index (Phi) is 5.64. The van der Waals surface area contributed by atoms with Gasteiger partial charge in [-0.15, -0.1) is 0 Å². The zero-order chi connectivity index (χ0) is 13.4. The molecule has 0 N–H and O–H groups in total. The van der Waals surface area contributed by atoms with Crippen LogP contribution in [0, 0.1) is 0 Å². The molecule has 0 spiro atoms. The van der Waals surface area contributed by atoms with Gasteiger partial charge in [0, 0.05) is 12.0 Å². The number of hydrogen-bond acceptors (Lipinski definition) is 4. The highest BCUT2D eigenvalue weighted by Crippen LogP contribution is 2.05. The van der Waals surface area contributed by atoms with Crippen LogP contribution in [0.2, 0.25) is 0 Å². The van der Waals surface area contributed by atoms with Crippen LogP contribution in [-0.2, 0) is 14.3 Å². The Morgan fingerprint density at radius 1 is 1.17 bits per heavy atom. The van der Waals surface area contributed by atoms with Crippen LogP contribution in [-0.4, -0.2) is 25.0 Å². The molecule has 0 aliphatic heterocycles. The summed E-state index contributed by atoms with van der Waals surface area (Å²) in [6, 6.07) is 8.91. The maximum atomic E-state index is 11.7. The monoisotopic (exact) mass is 248 g/mol. The number of rotatable bonds is 7. The molecule has 0 amide bonds. The molecule has 0 bridgehead atoms. The summed E-state index contributed by atoms with van der Waals surface area (Å²) in [4.78, 5) is 22.9. The van der Waals surface area contributed by atoms with Gasteiger partial charge in [-0.2, -0.15) is 0 Å². The number of Topliss-reactive ketones (excluding diaryl/α,β-unsaturated/α-hetero) is 1. The zero-order valence-corrected chi connectivity index (χ0v) is 10.3. The zero-order valence-electron chi connectivity index (χ0n) is 10.3. The lowest BCUT2D eigenvalue weighted by Crippen LogP contribution is -2.12. The first-order valence-corrected chi connectivity index (χ1v) is 5.72. The molecular weight excluding hydrogens is 232 g/mol. The molecule has 4 heteroatoms. The van der Waals surface area contributed by atoms with E-state index in [1.54, 1.807) is 31.2 Å². The van der Waals surface area contributed by atoms with Crippen LogP contribution in [0.25, 0.3) is 0 Å². The van der Waals surface area contributed by atoms with Crippen molar-refractivity contribution < 1.29 is 19.1 Å². The SMILES string of the molecule is C=C(OCCC(=O)c1ccccc1)C(=O)OCC. The van der Waals surface area contributed by atoms with Crippen molar-refractivity contribution in [3.05, 3.63) is 48.2 Å². The average molecular weight is 248 g/mol. The molecular formula is C14H16O4. The lowest BCUT2D eigenvalue weighted by molar-refractivity contribution is -0.142. The van der Waals surface area contributed by atoms with Crippen molar-refractivity contribution in [1.29, 1.82) is 0 Å². The topological polar surface area (TPSA) is 52.6 Å². The minimum atomic E-state index is -0.593. The molecule has 0 aromatic heterocycles. The summed E-state index contributed by atoms with van der Waals surface area (Å²) in [7, 11) is 0. The third-order valence-electron chi connectivity index (χ3n) is 2.20. The predicted octanol–water partition coefficient (Wildman–Crippen LogP) is 2.35. The number of hydrogen-bond donors (Lipinski definition) is 0. The second-order valence-electron chi connectivity index (χ2n) is 3.53. The molecule has 0 fully saturated rings. The standard InChI is InChI=1S/C14H16O4/c1-3-17-14(16)11(2)18-10-9-13(15)12-7-5-4-6-8-12/h4-8H,2-3,9-10H2,1H3. The summed E-state index contributed by atoms with van der Waals surface area (Å²) in [5.74, 6) is -0.699. The van der Waals surface area contributed by atoms with E-state index in [0.717, 1.165) is 0 Å². The van der Waals surface area contributed by atoms with E-state index in [-0.39, 0.29) is 31.2 Å². The molecule has 0 radical (unpaired) electrons. The van der Waals surface area contributed by atoms with E-state index in [1.165, 1.54) is 0 Å². The highest BCUT2D eigenvalue weighted by atomic mass is 16.6. The van der Waals surface area contributed by atoms with Gasteiger partial charge in [0.15, 0.2) is 11.5 Å². The Morgan fingerprint density at radius 2 is 1.83 bits per heavy atom. The number of carbonyl (C=O) groups is 2. The van der Waals surface area contributed by atoms with Crippen molar-refractivity contribution in [3.8, 4) is 0 Å². The second-order valence-corrected chi connectivity index (χ2v) is 3.53. The highest BCUT2D eigenvalue weighted by Gasteiger charge is 2.10. The van der Waals surface area contributed by atoms with Gasteiger partial charge in [0.25, 0.3) is 0 Å². The van der Waals surface area contributed by atoms with E-state index in [9.17, 15) is 9.59 Å². The van der Waals surface area contributed by atoms with Crippen LogP contribution in [0.1, 0.15) is 23.7 Å². The summed E-state index contributed by atoms with van der Waals surface area (Å²) in [6.07, 6.45) is 0.197.